The molecular weight excluding hydrogens is 339 g/mol. The molecule has 0 unspecified atom stereocenters. The minimum absolute atomic E-state index is 0.0153. The van der Waals surface area contributed by atoms with Crippen molar-refractivity contribution in [3.63, 3.8) is 0 Å². The summed E-state index contributed by atoms with van der Waals surface area (Å²) < 4.78 is 13.8. The lowest BCUT2D eigenvalue weighted by Crippen LogP contribution is -2.38. The van der Waals surface area contributed by atoms with E-state index in [1.54, 1.807) is 6.07 Å². The molecule has 0 radical (unpaired) electrons. The van der Waals surface area contributed by atoms with Crippen LogP contribution in [-0.2, 0) is 11.3 Å². The SMILES string of the molecule is Cc1cccc(C(C)C)c1NC(=O)C1CCN(Cc2ccccc2F)CC1. The van der Waals surface area contributed by atoms with Crippen LogP contribution in [0.5, 0.6) is 0 Å². The highest BCUT2D eigenvalue weighted by atomic mass is 19.1. The zero-order valence-corrected chi connectivity index (χ0v) is 16.5. The molecule has 0 saturated carbocycles. The monoisotopic (exact) mass is 368 g/mol. The summed E-state index contributed by atoms with van der Waals surface area (Å²) in [6.07, 6.45) is 1.62. The molecule has 1 N–H and O–H groups in total. The van der Waals surface area contributed by atoms with Gasteiger partial charge in [0.1, 0.15) is 5.82 Å². The van der Waals surface area contributed by atoms with Gasteiger partial charge in [-0.25, -0.2) is 4.39 Å². The molecule has 0 bridgehead atoms. The Labute approximate surface area is 161 Å². The smallest absolute Gasteiger partial charge is 0.227 e. The molecule has 4 heteroatoms. The van der Waals surface area contributed by atoms with Gasteiger partial charge in [0.05, 0.1) is 0 Å². The summed E-state index contributed by atoms with van der Waals surface area (Å²) in [5.41, 5.74) is 3.97. The zero-order chi connectivity index (χ0) is 19.4. The number of benzene rings is 2. The Balaban J connectivity index is 1.59. The van der Waals surface area contributed by atoms with Crippen LogP contribution < -0.4 is 5.32 Å². The number of hydrogen-bond donors (Lipinski definition) is 1. The van der Waals surface area contributed by atoms with Gasteiger partial charge >= 0.3 is 0 Å². The van der Waals surface area contributed by atoms with E-state index in [2.05, 4.69) is 30.1 Å². The standard InChI is InChI=1S/C23H29FN2O/c1-16(2)20-9-6-7-17(3)22(20)25-23(27)18-11-13-26(14-12-18)15-19-8-4-5-10-21(19)24/h4-10,16,18H,11-15H2,1-3H3,(H,25,27). The van der Waals surface area contributed by atoms with Crippen molar-refractivity contribution in [1.29, 1.82) is 0 Å². The molecule has 27 heavy (non-hydrogen) atoms. The number of piperidine rings is 1. The van der Waals surface area contributed by atoms with Crippen molar-refractivity contribution in [2.75, 3.05) is 18.4 Å². The maximum Gasteiger partial charge on any atom is 0.227 e. The Bertz CT molecular complexity index is 795. The van der Waals surface area contributed by atoms with E-state index in [1.807, 2.05) is 31.2 Å². The minimum Gasteiger partial charge on any atom is -0.325 e. The van der Waals surface area contributed by atoms with Crippen molar-refractivity contribution in [1.82, 2.24) is 4.90 Å². The van der Waals surface area contributed by atoms with Gasteiger partial charge in [0.25, 0.3) is 0 Å². The molecule has 2 aromatic rings. The first-order valence-corrected chi connectivity index (χ1v) is 9.82. The Hall–Kier alpha value is -2.20. The fourth-order valence-corrected chi connectivity index (χ4v) is 3.79. The quantitative estimate of drug-likeness (QED) is 0.795. The molecule has 2 aromatic carbocycles. The van der Waals surface area contributed by atoms with Crippen LogP contribution in [0.15, 0.2) is 42.5 Å². The molecule has 0 aliphatic carbocycles. The van der Waals surface area contributed by atoms with Crippen LogP contribution in [-0.4, -0.2) is 23.9 Å². The summed E-state index contributed by atoms with van der Waals surface area (Å²) in [4.78, 5) is 15.1. The van der Waals surface area contributed by atoms with Crippen LogP contribution in [0.4, 0.5) is 10.1 Å². The number of likely N-dealkylation sites (tertiary alicyclic amines) is 1. The largest absolute Gasteiger partial charge is 0.325 e. The number of carbonyl (C=O) groups excluding carboxylic acids is 1. The second-order valence-corrected chi connectivity index (χ2v) is 7.82. The molecule has 1 heterocycles. The van der Waals surface area contributed by atoms with Gasteiger partial charge in [-0.2, -0.15) is 0 Å². The molecule has 3 rings (SSSR count). The van der Waals surface area contributed by atoms with E-state index in [9.17, 15) is 9.18 Å². The lowest BCUT2D eigenvalue weighted by atomic mass is 9.94. The van der Waals surface area contributed by atoms with E-state index in [1.165, 1.54) is 11.6 Å². The van der Waals surface area contributed by atoms with Crippen LogP contribution in [0.2, 0.25) is 0 Å². The van der Waals surface area contributed by atoms with Gasteiger partial charge in [-0.05, 0) is 56.0 Å². The van der Waals surface area contributed by atoms with Gasteiger partial charge in [-0.15, -0.1) is 0 Å². The first-order valence-electron chi connectivity index (χ1n) is 9.82. The molecule has 1 aliphatic heterocycles. The summed E-state index contributed by atoms with van der Waals surface area (Å²) in [6.45, 7) is 8.57. The van der Waals surface area contributed by atoms with Crippen LogP contribution >= 0.6 is 0 Å². The van der Waals surface area contributed by atoms with E-state index in [0.717, 1.165) is 42.7 Å². The molecule has 1 amide bonds. The predicted molar refractivity (Wildman–Crippen MR) is 108 cm³/mol. The fourth-order valence-electron chi connectivity index (χ4n) is 3.79. The first-order chi connectivity index (χ1) is 13.0. The number of nitrogens with one attached hydrogen (secondary N) is 1. The molecule has 1 saturated heterocycles. The van der Waals surface area contributed by atoms with E-state index in [0.29, 0.717) is 12.5 Å². The Morgan fingerprint density at radius 2 is 1.85 bits per heavy atom. The summed E-state index contributed by atoms with van der Waals surface area (Å²) in [7, 11) is 0. The number of nitrogens with zero attached hydrogens (tertiary/aromatic N) is 1. The van der Waals surface area contributed by atoms with Gasteiger partial charge in [0.2, 0.25) is 5.91 Å². The lowest BCUT2D eigenvalue weighted by Gasteiger charge is -2.31. The van der Waals surface area contributed by atoms with Crippen molar-refractivity contribution in [3.05, 3.63) is 65.0 Å². The number of rotatable bonds is 5. The van der Waals surface area contributed by atoms with Crippen LogP contribution in [0, 0.1) is 18.7 Å². The minimum atomic E-state index is -0.155. The van der Waals surface area contributed by atoms with Crippen LogP contribution in [0.1, 0.15) is 49.3 Å². The van der Waals surface area contributed by atoms with Gasteiger partial charge in [-0.3, -0.25) is 9.69 Å². The second kappa shape index (κ2) is 8.66. The summed E-state index contributed by atoms with van der Waals surface area (Å²) >= 11 is 0. The topological polar surface area (TPSA) is 32.3 Å². The summed E-state index contributed by atoms with van der Waals surface area (Å²) in [6, 6.07) is 13.1. The molecule has 0 aromatic heterocycles. The maximum absolute atomic E-state index is 13.8. The third-order valence-electron chi connectivity index (χ3n) is 5.49. The average molecular weight is 368 g/mol. The molecular formula is C23H29FN2O. The highest BCUT2D eigenvalue weighted by molar-refractivity contribution is 5.94. The molecule has 0 atom stereocenters. The molecule has 144 valence electrons. The number of aryl methyl sites for hydroxylation is 1. The van der Waals surface area contributed by atoms with Gasteiger partial charge in [-0.1, -0.05) is 50.2 Å². The number of halogens is 1. The normalized spacial score (nSPS) is 15.9. The number of para-hydroxylation sites is 1. The van der Waals surface area contributed by atoms with E-state index >= 15 is 0 Å². The van der Waals surface area contributed by atoms with Gasteiger partial charge in [0.15, 0.2) is 0 Å². The Kier molecular flexibility index (Phi) is 6.27. The number of hydrogen-bond acceptors (Lipinski definition) is 2. The second-order valence-electron chi connectivity index (χ2n) is 7.82. The van der Waals surface area contributed by atoms with Gasteiger partial charge in [0, 0.05) is 23.7 Å². The highest BCUT2D eigenvalue weighted by Crippen LogP contribution is 2.29. The van der Waals surface area contributed by atoms with Gasteiger partial charge < -0.3 is 5.32 Å². The summed E-state index contributed by atoms with van der Waals surface area (Å²) in [5.74, 6) is 0.333. The zero-order valence-electron chi connectivity index (χ0n) is 16.5. The number of carbonyl (C=O) groups is 1. The third kappa shape index (κ3) is 4.75. The molecule has 1 aliphatic rings. The fraction of sp³-hybridized carbons (Fsp3) is 0.435. The van der Waals surface area contributed by atoms with E-state index in [-0.39, 0.29) is 17.6 Å². The van der Waals surface area contributed by atoms with E-state index < -0.39 is 0 Å². The third-order valence-corrected chi connectivity index (χ3v) is 5.49. The van der Waals surface area contributed by atoms with Crippen molar-refractivity contribution in [2.45, 2.75) is 46.1 Å². The Morgan fingerprint density at radius 1 is 1.15 bits per heavy atom. The summed E-state index contributed by atoms with van der Waals surface area (Å²) in [5, 5.41) is 3.19. The van der Waals surface area contributed by atoms with Crippen molar-refractivity contribution in [2.24, 2.45) is 5.92 Å². The lowest BCUT2D eigenvalue weighted by molar-refractivity contribution is -0.121. The molecule has 0 spiro atoms. The number of amides is 1. The average Bonchev–Trinajstić information content (AvgIpc) is 2.65. The van der Waals surface area contributed by atoms with Crippen molar-refractivity contribution in [3.8, 4) is 0 Å². The number of anilines is 1. The van der Waals surface area contributed by atoms with Crippen LogP contribution in [0.25, 0.3) is 0 Å². The highest BCUT2D eigenvalue weighted by Gasteiger charge is 2.26. The Morgan fingerprint density at radius 3 is 2.52 bits per heavy atom. The molecule has 3 nitrogen and oxygen atoms in total. The predicted octanol–water partition coefficient (Wildman–Crippen LogP) is 5.11. The van der Waals surface area contributed by atoms with Crippen LogP contribution in [0.3, 0.4) is 0 Å². The van der Waals surface area contributed by atoms with E-state index in [4.69, 9.17) is 0 Å². The molecule has 1 fully saturated rings. The van der Waals surface area contributed by atoms with Crippen molar-refractivity contribution >= 4 is 11.6 Å². The first kappa shape index (κ1) is 19.6. The maximum atomic E-state index is 13.8. The van der Waals surface area contributed by atoms with Crippen molar-refractivity contribution < 1.29 is 9.18 Å².